The van der Waals surface area contributed by atoms with Gasteiger partial charge in [0.2, 0.25) is 23.6 Å². The SMILES string of the molecule is CCOc1cc(C2C3=CCC4C(=O)N(C)C(=O)C4C3CC3C(=O)N(c4ccc(F)c(Cl)c4)C(=O)C32C)ccc1O. The molecule has 8 nitrogen and oxygen atoms in total. The van der Waals surface area contributed by atoms with Crippen molar-refractivity contribution in [3.05, 3.63) is 64.5 Å². The lowest BCUT2D eigenvalue weighted by Crippen LogP contribution is -2.48. The Balaban J connectivity index is 1.54. The van der Waals surface area contributed by atoms with Crippen molar-refractivity contribution in [2.45, 2.75) is 32.6 Å². The van der Waals surface area contributed by atoms with Crippen LogP contribution < -0.4 is 9.64 Å². The first-order chi connectivity index (χ1) is 19.0. The first-order valence-corrected chi connectivity index (χ1v) is 13.7. The molecule has 2 aromatic rings. The summed E-state index contributed by atoms with van der Waals surface area (Å²) in [5.41, 5.74) is 0.363. The molecule has 1 N–H and O–H groups in total. The first kappa shape index (κ1) is 26.5. The van der Waals surface area contributed by atoms with Crippen molar-refractivity contribution in [1.82, 2.24) is 4.90 Å². The Hall–Kier alpha value is -3.72. The number of benzene rings is 2. The highest BCUT2D eigenvalue weighted by molar-refractivity contribution is 6.31. The summed E-state index contributed by atoms with van der Waals surface area (Å²) in [6.45, 7) is 3.84. The second-order valence-electron chi connectivity index (χ2n) is 11.2. The van der Waals surface area contributed by atoms with Crippen LogP contribution in [0.25, 0.3) is 0 Å². The number of carbonyl (C=O) groups excluding carboxylic acids is 4. The van der Waals surface area contributed by atoms with E-state index < -0.39 is 52.6 Å². The van der Waals surface area contributed by atoms with Gasteiger partial charge in [-0.1, -0.05) is 29.3 Å². The quantitative estimate of drug-likeness (QED) is 0.433. The van der Waals surface area contributed by atoms with E-state index in [4.69, 9.17) is 16.3 Å². The zero-order chi connectivity index (χ0) is 28.7. The molecule has 0 aromatic heterocycles. The molecule has 1 saturated carbocycles. The van der Waals surface area contributed by atoms with Crippen LogP contribution in [0.15, 0.2) is 48.0 Å². The summed E-state index contributed by atoms with van der Waals surface area (Å²) in [5.74, 6) is -5.02. The molecule has 6 rings (SSSR count). The Morgan fingerprint density at radius 1 is 1.07 bits per heavy atom. The number of amides is 4. The minimum absolute atomic E-state index is 0.0630. The number of hydrogen-bond donors (Lipinski definition) is 1. The Morgan fingerprint density at radius 3 is 2.52 bits per heavy atom. The fourth-order valence-electron chi connectivity index (χ4n) is 7.40. The van der Waals surface area contributed by atoms with Gasteiger partial charge in [-0.2, -0.15) is 0 Å². The van der Waals surface area contributed by atoms with E-state index in [0.29, 0.717) is 18.6 Å². The third-order valence-corrected chi connectivity index (χ3v) is 9.56. The Labute approximate surface area is 235 Å². The molecule has 0 radical (unpaired) electrons. The van der Waals surface area contributed by atoms with E-state index >= 15 is 0 Å². The molecule has 40 heavy (non-hydrogen) atoms. The lowest BCUT2D eigenvalue weighted by atomic mass is 9.51. The maximum atomic E-state index is 14.3. The first-order valence-electron chi connectivity index (χ1n) is 13.3. The third kappa shape index (κ3) is 3.49. The van der Waals surface area contributed by atoms with Crippen LogP contribution in [0.5, 0.6) is 11.5 Å². The molecule has 2 aliphatic heterocycles. The molecular formula is C30H28ClFN2O6. The fourth-order valence-corrected chi connectivity index (χ4v) is 7.58. The zero-order valence-corrected chi connectivity index (χ0v) is 22.9. The van der Waals surface area contributed by atoms with Crippen molar-refractivity contribution in [3.63, 3.8) is 0 Å². The van der Waals surface area contributed by atoms with Gasteiger partial charge in [0, 0.05) is 13.0 Å². The van der Waals surface area contributed by atoms with Crippen molar-refractivity contribution >= 4 is 40.9 Å². The van der Waals surface area contributed by atoms with E-state index in [2.05, 4.69) is 0 Å². The Bertz CT molecular complexity index is 1520. The molecular weight excluding hydrogens is 539 g/mol. The number of carbonyl (C=O) groups is 4. The standard InChI is InChI=1S/C30H28ClFN2O6/c1-4-40-23-11-14(5-10-22(23)35)25-16-7-8-17-24(28(38)33(3)26(17)36)18(16)13-19-27(37)34(29(39)30(19,25)2)15-6-9-21(32)20(31)12-15/h5-7,9-12,17-19,24-25,35H,4,8,13H2,1-3H3. The molecule has 10 heteroatoms. The number of phenols is 1. The molecule has 0 bridgehead atoms. The maximum Gasteiger partial charge on any atom is 0.241 e. The van der Waals surface area contributed by atoms with E-state index in [1.165, 1.54) is 25.2 Å². The molecule has 208 valence electrons. The average molecular weight is 567 g/mol. The lowest BCUT2D eigenvalue weighted by Gasteiger charge is -2.49. The largest absolute Gasteiger partial charge is 0.504 e. The summed E-state index contributed by atoms with van der Waals surface area (Å²) in [7, 11) is 1.48. The van der Waals surface area contributed by atoms with Crippen molar-refractivity contribution in [2.75, 3.05) is 18.6 Å². The van der Waals surface area contributed by atoms with Gasteiger partial charge in [-0.05, 0) is 68.5 Å². The van der Waals surface area contributed by atoms with Gasteiger partial charge in [-0.15, -0.1) is 0 Å². The predicted molar refractivity (Wildman–Crippen MR) is 143 cm³/mol. The van der Waals surface area contributed by atoms with Gasteiger partial charge in [0.1, 0.15) is 5.82 Å². The normalized spacial score (nSPS) is 31.2. The van der Waals surface area contributed by atoms with Gasteiger partial charge in [0.25, 0.3) is 0 Å². The number of ether oxygens (including phenoxy) is 1. The summed E-state index contributed by atoms with van der Waals surface area (Å²) in [4.78, 5) is 56.8. The van der Waals surface area contributed by atoms with Crippen molar-refractivity contribution in [2.24, 2.45) is 29.1 Å². The average Bonchev–Trinajstić information content (AvgIpc) is 3.27. The second kappa shape index (κ2) is 9.16. The summed E-state index contributed by atoms with van der Waals surface area (Å²) >= 11 is 6.02. The van der Waals surface area contributed by atoms with Gasteiger partial charge < -0.3 is 9.84 Å². The number of likely N-dealkylation sites (tertiary alicyclic amines) is 1. The van der Waals surface area contributed by atoms with E-state index in [9.17, 15) is 28.7 Å². The van der Waals surface area contributed by atoms with Crippen LogP contribution in [0.3, 0.4) is 0 Å². The second-order valence-corrected chi connectivity index (χ2v) is 11.6. The van der Waals surface area contributed by atoms with E-state index in [0.717, 1.165) is 21.4 Å². The Kier molecular flexibility index (Phi) is 6.07. The van der Waals surface area contributed by atoms with Crippen LogP contribution in [-0.2, 0) is 19.2 Å². The van der Waals surface area contributed by atoms with Crippen LogP contribution >= 0.6 is 11.6 Å². The monoisotopic (exact) mass is 566 g/mol. The summed E-state index contributed by atoms with van der Waals surface area (Å²) in [6, 6.07) is 8.57. The number of phenolic OH excluding ortho intramolecular Hbond substituents is 1. The smallest absolute Gasteiger partial charge is 0.241 e. The predicted octanol–water partition coefficient (Wildman–Crippen LogP) is 4.44. The van der Waals surface area contributed by atoms with E-state index in [1.54, 1.807) is 26.0 Å². The van der Waals surface area contributed by atoms with Gasteiger partial charge in [-0.25, -0.2) is 9.29 Å². The molecule has 2 aliphatic carbocycles. The number of aromatic hydroxyl groups is 1. The van der Waals surface area contributed by atoms with Crippen LogP contribution in [0, 0.1) is 34.9 Å². The molecule has 6 atom stereocenters. The zero-order valence-electron chi connectivity index (χ0n) is 22.2. The number of allylic oxidation sites excluding steroid dienone is 2. The third-order valence-electron chi connectivity index (χ3n) is 9.27. The van der Waals surface area contributed by atoms with Gasteiger partial charge in [0.15, 0.2) is 11.5 Å². The van der Waals surface area contributed by atoms with Crippen molar-refractivity contribution in [1.29, 1.82) is 0 Å². The molecule has 4 amide bonds. The van der Waals surface area contributed by atoms with E-state index in [1.807, 2.05) is 6.08 Å². The number of hydrogen-bond acceptors (Lipinski definition) is 6. The fraction of sp³-hybridized carbons (Fsp3) is 0.400. The van der Waals surface area contributed by atoms with Crippen LogP contribution in [0.1, 0.15) is 38.2 Å². The highest BCUT2D eigenvalue weighted by Gasteiger charge is 2.67. The summed E-state index contributed by atoms with van der Waals surface area (Å²) in [5, 5.41) is 10.2. The minimum Gasteiger partial charge on any atom is -0.504 e. The highest BCUT2D eigenvalue weighted by Crippen LogP contribution is 2.63. The highest BCUT2D eigenvalue weighted by atomic mass is 35.5. The minimum atomic E-state index is -1.27. The van der Waals surface area contributed by atoms with Gasteiger partial charge in [0.05, 0.1) is 40.5 Å². The van der Waals surface area contributed by atoms with Crippen LogP contribution in [0.2, 0.25) is 5.02 Å². The van der Waals surface area contributed by atoms with E-state index in [-0.39, 0.29) is 40.4 Å². The molecule has 4 aliphatic rings. The molecule has 2 heterocycles. The Morgan fingerprint density at radius 2 is 1.82 bits per heavy atom. The van der Waals surface area contributed by atoms with Gasteiger partial charge >= 0.3 is 0 Å². The number of rotatable bonds is 4. The lowest BCUT2D eigenvalue weighted by molar-refractivity contribution is -0.138. The summed E-state index contributed by atoms with van der Waals surface area (Å²) in [6.07, 6.45) is 2.50. The number of nitrogens with zero attached hydrogens (tertiary/aromatic N) is 2. The molecule has 0 spiro atoms. The molecule has 3 fully saturated rings. The number of imide groups is 2. The molecule has 2 saturated heterocycles. The van der Waals surface area contributed by atoms with Gasteiger partial charge in [-0.3, -0.25) is 24.1 Å². The van der Waals surface area contributed by atoms with Crippen LogP contribution in [0.4, 0.5) is 10.1 Å². The van der Waals surface area contributed by atoms with Crippen molar-refractivity contribution in [3.8, 4) is 11.5 Å². The number of anilines is 1. The molecule has 2 aromatic carbocycles. The molecule has 6 unspecified atom stereocenters. The summed E-state index contributed by atoms with van der Waals surface area (Å²) < 4.78 is 19.6. The number of halogens is 2. The van der Waals surface area contributed by atoms with Crippen LogP contribution in [-0.4, -0.2) is 47.3 Å². The number of fused-ring (bicyclic) bond motifs is 4. The maximum absolute atomic E-state index is 14.3. The van der Waals surface area contributed by atoms with Crippen molar-refractivity contribution < 1.29 is 33.4 Å². The topological polar surface area (TPSA) is 104 Å².